The molecule has 0 radical (unpaired) electrons. The van der Waals surface area contributed by atoms with Crippen molar-refractivity contribution < 1.29 is 0 Å². The van der Waals surface area contributed by atoms with Crippen molar-refractivity contribution in [2.75, 3.05) is 6.54 Å². The molecule has 21 heavy (non-hydrogen) atoms. The Morgan fingerprint density at radius 1 is 1.10 bits per heavy atom. The lowest BCUT2D eigenvalue weighted by Gasteiger charge is -2.10. The first-order valence-electron chi connectivity index (χ1n) is 6.97. The third-order valence-electron chi connectivity index (χ3n) is 2.90. The van der Waals surface area contributed by atoms with E-state index in [1.54, 1.807) is 11.8 Å². The number of hydrogen-bond acceptors (Lipinski definition) is 2. The number of halogens is 2. The van der Waals surface area contributed by atoms with Crippen molar-refractivity contribution in [1.82, 2.24) is 5.32 Å². The minimum absolute atomic E-state index is 0.680. The molecule has 0 spiro atoms. The number of benzene rings is 2. The molecule has 0 saturated carbocycles. The van der Waals surface area contributed by atoms with Gasteiger partial charge in [-0.15, -0.1) is 0 Å². The van der Waals surface area contributed by atoms with Crippen LogP contribution < -0.4 is 5.32 Å². The molecule has 0 saturated heterocycles. The van der Waals surface area contributed by atoms with Gasteiger partial charge in [-0.3, -0.25) is 0 Å². The molecule has 2 rings (SSSR count). The average molecular weight is 429 g/mol. The number of hydrogen-bond donors (Lipinski definition) is 1. The summed E-state index contributed by atoms with van der Waals surface area (Å²) in [4.78, 5) is 2.47. The Morgan fingerprint density at radius 3 is 2.57 bits per heavy atom. The van der Waals surface area contributed by atoms with Crippen molar-refractivity contribution in [2.24, 2.45) is 5.92 Å². The fourth-order valence-corrected chi connectivity index (χ4v) is 4.00. The van der Waals surface area contributed by atoms with Crippen LogP contribution in [0.1, 0.15) is 19.4 Å². The normalized spacial score (nSPS) is 11.1. The minimum atomic E-state index is 0.680. The first kappa shape index (κ1) is 17.1. The maximum atomic E-state index is 3.68. The molecule has 0 aliphatic heterocycles. The van der Waals surface area contributed by atoms with Gasteiger partial charge in [0.05, 0.1) is 0 Å². The lowest BCUT2D eigenvalue weighted by atomic mass is 10.2. The highest BCUT2D eigenvalue weighted by Crippen LogP contribution is 2.35. The predicted molar refractivity (Wildman–Crippen MR) is 99.0 cm³/mol. The van der Waals surface area contributed by atoms with E-state index < -0.39 is 0 Å². The molecule has 4 heteroatoms. The van der Waals surface area contributed by atoms with Crippen LogP contribution in [0.2, 0.25) is 0 Å². The zero-order valence-electron chi connectivity index (χ0n) is 12.2. The summed E-state index contributed by atoms with van der Waals surface area (Å²) in [6.07, 6.45) is 0. The summed E-state index contributed by atoms with van der Waals surface area (Å²) in [5, 5.41) is 3.47. The van der Waals surface area contributed by atoms with Gasteiger partial charge in [-0.2, -0.15) is 0 Å². The lowest BCUT2D eigenvalue weighted by molar-refractivity contribution is 0.552. The monoisotopic (exact) mass is 427 g/mol. The highest BCUT2D eigenvalue weighted by Gasteiger charge is 2.05. The van der Waals surface area contributed by atoms with Gasteiger partial charge in [0.25, 0.3) is 0 Å². The van der Waals surface area contributed by atoms with Gasteiger partial charge in [0.2, 0.25) is 0 Å². The van der Waals surface area contributed by atoms with Gasteiger partial charge in [-0.1, -0.05) is 53.7 Å². The van der Waals surface area contributed by atoms with Crippen LogP contribution in [-0.2, 0) is 6.54 Å². The maximum absolute atomic E-state index is 3.68. The second kappa shape index (κ2) is 8.37. The van der Waals surface area contributed by atoms with Crippen LogP contribution in [0.15, 0.2) is 61.2 Å². The van der Waals surface area contributed by atoms with E-state index in [1.165, 1.54) is 15.4 Å². The largest absolute Gasteiger partial charge is 0.312 e. The summed E-state index contributed by atoms with van der Waals surface area (Å²) in [7, 11) is 0. The molecule has 2 aromatic carbocycles. The summed E-state index contributed by atoms with van der Waals surface area (Å²) in [6.45, 7) is 6.41. The molecule has 1 nitrogen and oxygen atoms in total. The fraction of sp³-hybridized carbons (Fsp3) is 0.294. The molecule has 112 valence electrons. The van der Waals surface area contributed by atoms with Crippen molar-refractivity contribution in [3.63, 3.8) is 0 Å². The molecule has 0 fully saturated rings. The van der Waals surface area contributed by atoms with Crippen molar-refractivity contribution in [3.05, 3.63) is 57.0 Å². The van der Waals surface area contributed by atoms with Crippen LogP contribution in [0, 0.1) is 5.92 Å². The Balaban J connectivity index is 2.02. The fourth-order valence-electron chi connectivity index (χ4n) is 1.90. The lowest BCUT2D eigenvalue weighted by Crippen LogP contribution is -2.18. The second-order valence-corrected chi connectivity index (χ2v) is 8.23. The third kappa shape index (κ3) is 5.78. The summed E-state index contributed by atoms with van der Waals surface area (Å²) in [6, 6.07) is 14.9. The van der Waals surface area contributed by atoms with E-state index in [-0.39, 0.29) is 0 Å². The molecular formula is C17H19Br2NS. The molecule has 0 aliphatic rings. The first-order valence-corrected chi connectivity index (χ1v) is 9.37. The van der Waals surface area contributed by atoms with Gasteiger partial charge in [0.15, 0.2) is 0 Å². The molecule has 2 aromatic rings. The Morgan fingerprint density at radius 2 is 1.90 bits per heavy atom. The predicted octanol–water partition coefficient (Wildman–Crippen LogP) is 6.11. The zero-order valence-corrected chi connectivity index (χ0v) is 16.2. The molecule has 0 amide bonds. The van der Waals surface area contributed by atoms with Crippen LogP contribution in [0.25, 0.3) is 0 Å². The summed E-state index contributed by atoms with van der Waals surface area (Å²) >= 11 is 8.96. The first-order chi connectivity index (χ1) is 10.0. The Bertz CT molecular complexity index is 599. The van der Waals surface area contributed by atoms with E-state index in [0.29, 0.717) is 5.92 Å². The van der Waals surface area contributed by atoms with Crippen LogP contribution in [0.3, 0.4) is 0 Å². The van der Waals surface area contributed by atoms with E-state index in [4.69, 9.17) is 0 Å². The smallest absolute Gasteiger partial charge is 0.0318 e. The van der Waals surface area contributed by atoms with Crippen LogP contribution in [0.4, 0.5) is 0 Å². The summed E-state index contributed by atoms with van der Waals surface area (Å²) in [5.74, 6) is 0.680. The maximum Gasteiger partial charge on any atom is 0.0318 e. The van der Waals surface area contributed by atoms with Gasteiger partial charge in [-0.25, -0.2) is 0 Å². The van der Waals surface area contributed by atoms with Gasteiger partial charge >= 0.3 is 0 Å². The molecule has 0 aliphatic carbocycles. The number of nitrogens with one attached hydrogen (secondary N) is 1. The van der Waals surface area contributed by atoms with Crippen LogP contribution in [0.5, 0.6) is 0 Å². The number of rotatable bonds is 6. The van der Waals surface area contributed by atoms with Crippen molar-refractivity contribution in [1.29, 1.82) is 0 Å². The summed E-state index contributed by atoms with van der Waals surface area (Å²) in [5.41, 5.74) is 1.31. The van der Waals surface area contributed by atoms with Crippen LogP contribution >= 0.6 is 43.6 Å². The standard InChI is InChI=1S/C17H19Br2NS/c1-12(2)10-20-11-13-6-7-17(16(19)8-13)21-15-5-3-4-14(18)9-15/h3-9,12,20H,10-11H2,1-2H3. The molecule has 0 aromatic heterocycles. The molecule has 0 bridgehead atoms. The van der Waals surface area contributed by atoms with Crippen LogP contribution in [-0.4, -0.2) is 6.54 Å². The van der Waals surface area contributed by atoms with E-state index in [2.05, 4.69) is 87.4 Å². The van der Waals surface area contributed by atoms with E-state index in [9.17, 15) is 0 Å². The average Bonchev–Trinajstić information content (AvgIpc) is 2.41. The van der Waals surface area contributed by atoms with Crippen molar-refractivity contribution in [2.45, 2.75) is 30.2 Å². The quantitative estimate of drug-likeness (QED) is 0.595. The van der Waals surface area contributed by atoms with E-state index in [0.717, 1.165) is 22.0 Å². The summed E-state index contributed by atoms with van der Waals surface area (Å²) < 4.78 is 2.26. The van der Waals surface area contributed by atoms with E-state index >= 15 is 0 Å². The molecule has 0 heterocycles. The topological polar surface area (TPSA) is 12.0 Å². The van der Waals surface area contributed by atoms with E-state index in [1.807, 2.05) is 6.07 Å². The minimum Gasteiger partial charge on any atom is -0.312 e. The van der Waals surface area contributed by atoms with Crippen molar-refractivity contribution >= 4 is 43.6 Å². The Kier molecular flexibility index (Phi) is 6.80. The Labute approximate surface area is 148 Å². The molecule has 1 N–H and O–H groups in total. The van der Waals surface area contributed by atoms with Gasteiger partial charge < -0.3 is 5.32 Å². The second-order valence-electron chi connectivity index (χ2n) is 5.35. The zero-order chi connectivity index (χ0) is 15.2. The van der Waals surface area contributed by atoms with Gasteiger partial charge in [-0.05, 0) is 64.3 Å². The molecule has 0 atom stereocenters. The third-order valence-corrected chi connectivity index (χ3v) is 5.38. The SMILES string of the molecule is CC(C)CNCc1ccc(Sc2cccc(Br)c2)c(Br)c1. The Hall–Kier alpha value is -0.290. The highest BCUT2D eigenvalue weighted by atomic mass is 79.9. The molecule has 0 unspecified atom stereocenters. The highest BCUT2D eigenvalue weighted by molar-refractivity contribution is 9.10. The van der Waals surface area contributed by atoms with Crippen molar-refractivity contribution in [3.8, 4) is 0 Å². The van der Waals surface area contributed by atoms with Gasteiger partial charge in [0, 0.05) is 25.3 Å². The van der Waals surface area contributed by atoms with Gasteiger partial charge in [0.1, 0.15) is 0 Å². The molecular weight excluding hydrogens is 410 g/mol.